The number of nitrogens with zero attached hydrogens (tertiary/aromatic N) is 1. The number of aryl methyl sites for hydroxylation is 1. The molecule has 0 bridgehead atoms. The summed E-state index contributed by atoms with van der Waals surface area (Å²) < 4.78 is 49.3. The van der Waals surface area contributed by atoms with Gasteiger partial charge < -0.3 is 14.0 Å². The minimum Gasteiger partial charge on any atom is -0.353 e. The van der Waals surface area contributed by atoms with Crippen LogP contribution < -0.4 is 5.56 Å². The lowest BCUT2D eigenvalue weighted by Crippen LogP contribution is -2.25. The highest BCUT2D eigenvalue weighted by atomic mass is 19.4. The fraction of sp³-hybridized carbons (Fsp3) is 0.615. The molecule has 0 aliphatic rings. The molecule has 0 atom stereocenters. The number of alkyl halides is 3. The third-order valence-electron chi connectivity index (χ3n) is 2.62. The van der Waals surface area contributed by atoms with Gasteiger partial charge in [0.25, 0.3) is 5.56 Å². The van der Waals surface area contributed by atoms with Crippen molar-refractivity contribution in [2.75, 3.05) is 13.2 Å². The zero-order valence-corrected chi connectivity index (χ0v) is 11.4. The van der Waals surface area contributed by atoms with Gasteiger partial charge in [-0.1, -0.05) is 0 Å². The molecule has 0 saturated heterocycles. The third kappa shape index (κ3) is 4.97. The van der Waals surface area contributed by atoms with Gasteiger partial charge in [0.2, 0.25) is 0 Å². The number of rotatable bonds is 7. The van der Waals surface area contributed by atoms with E-state index in [9.17, 15) is 18.0 Å². The summed E-state index contributed by atoms with van der Waals surface area (Å²) in [6.07, 6.45) is -3.86. The highest BCUT2D eigenvalue weighted by molar-refractivity contribution is 5.13. The van der Waals surface area contributed by atoms with Crippen LogP contribution in [0.5, 0.6) is 0 Å². The molecule has 0 aliphatic heterocycles. The van der Waals surface area contributed by atoms with Crippen molar-refractivity contribution in [1.82, 2.24) is 4.57 Å². The normalized spacial score (nSPS) is 12.1. The maximum Gasteiger partial charge on any atom is 0.417 e. The molecule has 1 aromatic rings. The van der Waals surface area contributed by atoms with Crippen molar-refractivity contribution in [2.45, 2.75) is 39.3 Å². The Morgan fingerprint density at radius 2 is 1.80 bits per heavy atom. The maximum absolute atomic E-state index is 12.6. The maximum atomic E-state index is 12.6. The first-order chi connectivity index (χ1) is 9.38. The zero-order valence-electron chi connectivity index (χ0n) is 11.4. The Hall–Kier alpha value is -1.34. The Kier molecular flexibility index (Phi) is 6.22. The molecule has 1 rings (SSSR count). The van der Waals surface area contributed by atoms with E-state index in [1.165, 1.54) is 0 Å². The van der Waals surface area contributed by atoms with Crippen LogP contribution in [0.15, 0.2) is 23.1 Å². The molecule has 0 aromatic carbocycles. The summed E-state index contributed by atoms with van der Waals surface area (Å²) in [7, 11) is 0. The van der Waals surface area contributed by atoms with Crippen LogP contribution >= 0.6 is 0 Å². The molecule has 0 N–H and O–H groups in total. The summed E-state index contributed by atoms with van der Waals surface area (Å²) in [5, 5.41) is 0. The molecule has 4 nitrogen and oxygen atoms in total. The predicted octanol–water partition coefficient (Wildman–Crippen LogP) is 2.66. The average Bonchev–Trinajstić information content (AvgIpc) is 2.36. The van der Waals surface area contributed by atoms with Gasteiger partial charge in [-0.15, -0.1) is 0 Å². The van der Waals surface area contributed by atoms with Crippen molar-refractivity contribution in [3.05, 3.63) is 34.2 Å². The summed E-state index contributed by atoms with van der Waals surface area (Å²) in [5.41, 5.74) is -1.33. The van der Waals surface area contributed by atoms with Crippen LogP contribution in [0.25, 0.3) is 0 Å². The van der Waals surface area contributed by atoms with Gasteiger partial charge in [0.1, 0.15) is 0 Å². The smallest absolute Gasteiger partial charge is 0.353 e. The molecule has 1 aromatic heterocycles. The summed E-state index contributed by atoms with van der Waals surface area (Å²) in [5.74, 6) is 0. The molecular formula is C13H18F3NO3. The van der Waals surface area contributed by atoms with Crippen molar-refractivity contribution < 1.29 is 22.6 Å². The first-order valence-corrected chi connectivity index (χ1v) is 6.39. The van der Waals surface area contributed by atoms with Gasteiger partial charge in [0.05, 0.1) is 5.56 Å². The molecule has 114 valence electrons. The summed E-state index contributed by atoms with van der Waals surface area (Å²) in [6.45, 7) is 4.56. The Balaban J connectivity index is 2.78. The average molecular weight is 293 g/mol. The van der Waals surface area contributed by atoms with E-state index in [-0.39, 0.29) is 6.54 Å². The molecule has 0 saturated carbocycles. The molecule has 0 spiro atoms. The SMILES string of the molecule is CCOC(CCn1cc(C(F)(F)F)ccc1=O)OCC. The fourth-order valence-electron chi connectivity index (χ4n) is 1.70. The summed E-state index contributed by atoms with van der Waals surface area (Å²) in [4.78, 5) is 11.5. The van der Waals surface area contributed by atoms with Gasteiger partial charge in [-0.25, -0.2) is 0 Å². The van der Waals surface area contributed by atoms with Crippen molar-refractivity contribution in [3.8, 4) is 0 Å². The number of halogens is 3. The van der Waals surface area contributed by atoms with Crippen molar-refractivity contribution in [1.29, 1.82) is 0 Å². The summed E-state index contributed by atoms with van der Waals surface area (Å²) >= 11 is 0. The van der Waals surface area contributed by atoms with Gasteiger partial charge in [0, 0.05) is 38.4 Å². The summed E-state index contributed by atoms with van der Waals surface area (Å²) in [6, 6.07) is 1.70. The van der Waals surface area contributed by atoms with E-state index in [0.717, 1.165) is 22.9 Å². The monoisotopic (exact) mass is 293 g/mol. The van der Waals surface area contributed by atoms with Gasteiger partial charge in [0.15, 0.2) is 6.29 Å². The number of pyridine rings is 1. The van der Waals surface area contributed by atoms with Crippen LogP contribution in [0.2, 0.25) is 0 Å². The van der Waals surface area contributed by atoms with Crippen LogP contribution in [0.4, 0.5) is 13.2 Å². The number of hydrogen-bond acceptors (Lipinski definition) is 3. The molecule has 1 heterocycles. The highest BCUT2D eigenvalue weighted by Gasteiger charge is 2.31. The van der Waals surface area contributed by atoms with E-state index < -0.39 is 23.6 Å². The van der Waals surface area contributed by atoms with Crippen LogP contribution in [0, 0.1) is 0 Å². The number of hydrogen-bond donors (Lipinski definition) is 0. The van der Waals surface area contributed by atoms with Crippen molar-refractivity contribution >= 4 is 0 Å². The molecule has 20 heavy (non-hydrogen) atoms. The van der Waals surface area contributed by atoms with Gasteiger partial charge in [-0.3, -0.25) is 4.79 Å². The second-order valence-corrected chi connectivity index (χ2v) is 4.08. The predicted molar refractivity (Wildman–Crippen MR) is 67.4 cm³/mol. The molecule has 0 aliphatic carbocycles. The standard InChI is InChI=1S/C13H18F3NO3/c1-3-19-12(20-4-2)7-8-17-9-10(13(14,15)16)5-6-11(17)18/h5-6,9,12H,3-4,7-8H2,1-2H3. The fourth-order valence-corrected chi connectivity index (χ4v) is 1.70. The lowest BCUT2D eigenvalue weighted by Gasteiger charge is -2.17. The lowest BCUT2D eigenvalue weighted by atomic mass is 10.2. The third-order valence-corrected chi connectivity index (χ3v) is 2.62. The molecular weight excluding hydrogens is 275 g/mol. The molecule has 7 heteroatoms. The quantitative estimate of drug-likeness (QED) is 0.726. The Morgan fingerprint density at radius 1 is 1.20 bits per heavy atom. The van der Waals surface area contributed by atoms with Gasteiger partial charge in [-0.2, -0.15) is 13.2 Å². The highest BCUT2D eigenvalue weighted by Crippen LogP contribution is 2.28. The molecule has 0 amide bonds. The first-order valence-electron chi connectivity index (χ1n) is 6.39. The van der Waals surface area contributed by atoms with Crippen molar-refractivity contribution in [3.63, 3.8) is 0 Å². The van der Waals surface area contributed by atoms with E-state index in [1.54, 1.807) is 13.8 Å². The van der Waals surface area contributed by atoms with E-state index in [0.29, 0.717) is 19.6 Å². The molecule has 0 fully saturated rings. The van der Waals surface area contributed by atoms with E-state index in [4.69, 9.17) is 9.47 Å². The van der Waals surface area contributed by atoms with Crippen LogP contribution in [-0.4, -0.2) is 24.1 Å². The van der Waals surface area contributed by atoms with Crippen LogP contribution in [-0.2, 0) is 22.2 Å². The zero-order chi connectivity index (χ0) is 15.2. The van der Waals surface area contributed by atoms with E-state index >= 15 is 0 Å². The largest absolute Gasteiger partial charge is 0.417 e. The Morgan fingerprint density at radius 3 is 2.30 bits per heavy atom. The van der Waals surface area contributed by atoms with Gasteiger partial charge in [-0.05, 0) is 19.9 Å². The molecule has 0 unspecified atom stereocenters. The number of aromatic nitrogens is 1. The second kappa shape index (κ2) is 7.44. The Bertz CT molecular complexity index is 465. The minimum absolute atomic E-state index is 0.105. The molecule has 0 radical (unpaired) electrons. The topological polar surface area (TPSA) is 40.5 Å². The Labute approximate surface area is 115 Å². The number of ether oxygens (including phenoxy) is 2. The van der Waals surface area contributed by atoms with Crippen molar-refractivity contribution in [2.24, 2.45) is 0 Å². The van der Waals surface area contributed by atoms with Crippen LogP contribution in [0.3, 0.4) is 0 Å². The van der Waals surface area contributed by atoms with Crippen LogP contribution in [0.1, 0.15) is 25.8 Å². The first kappa shape index (κ1) is 16.7. The lowest BCUT2D eigenvalue weighted by molar-refractivity contribution is -0.141. The van der Waals surface area contributed by atoms with Gasteiger partial charge >= 0.3 is 6.18 Å². The minimum atomic E-state index is -4.46. The van der Waals surface area contributed by atoms with E-state index in [1.807, 2.05) is 0 Å². The van der Waals surface area contributed by atoms with E-state index in [2.05, 4.69) is 0 Å². The second-order valence-electron chi connectivity index (χ2n) is 4.08.